The van der Waals surface area contributed by atoms with Gasteiger partial charge in [-0.1, -0.05) is 26.7 Å². The molecule has 0 atom stereocenters. The standard InChI is InChI=1S/C6H12O3.C4H10/c1-3-8-4-5-9-6(2)7;1-3-4-2/h3-5H2,1-2H3;3-4H2,1-2H3. The molecule has 0 radical (unpaired) electrons. The quantitative estimate of drug-likeness (QED) is 0.493. The first-order valence-corrected chi connectivity index (χ1v) is 4.90. The predicted molar refractivity (Wildman–Crippen MR) is 53.7 cm³/mol. The van der Waals surface area contributed by atoms with Crippen molar-refractivity contribution >= 4 is 5.97 Å². The first kappa shape index (κ1) is 14.9. The first-order valence-electron chi connectivity index (χ1n) is 4.90. The summed E-state index contributed by atoms with van der Waals surface area (Å²) in [6, 6.07) is 0. The van der Waals surface area contributed by atoms with E-state index in [4.69, 9.17) is 4.74 Å². The Balaban J connectivity index is 0. The molecule has 80 valence electrons. The van der Waals surface area contributed by atoms with Crippen molar-refractivity contribution in [3.63, 3.8) is 0 Å². The molecular formula is C10H22O3. The summed E-state index contributed by atoms with van der Waals surface area (Å²) < 4.78 is 9.49. The van der Waals surface area contributed by atoms with Gasteiger partial charge in [0.05, 0.1) is 6.61 Å². The lowest BCUT2D eigenvalue weighted by Crippen LogP contribution is -2.06. The van der Waals surface area contributed by atoms with Crippen LogP contribution in [0.5, 0.6) is 0 Å². The van der Waals surface area contributed by atoms with E-state index in [2.05, 4.69) is 18.6 Å². The van der Waals surface area contributed by atoms with Crippen LogP contribution in [0.3, 0.4) is 0 Å². The fourth-order valence-electron chi connectivity index (χ4n) is 0.389. The molecule has 3 heteroatoms. The van der Waals surface area contributed by atoms with E-state index >= 15 is 0 Å². The molecule has 0 rings (SSSR count). The van der Waals surface area contributed by atoms with Crippen molar-refractivity contribution in [3.8, 4) is 0 Å². The fraction of sp³-hybridized carbons (Fsp3) is 0.900. The number of hydrogen-bond acceptors (Lipinski definition) is 3. The Morgan fingerprint density at radius 2 is 1.62 bits per heavy atom. The molecule has 0 aliphatic rings. The minimum absolute atomic E-state index is 0.255. The van der Waals surface area contributed by atoms with Gasteiger partial charge in [0.2, 0.25) is 0 Å². The minimum atomic E-state index is -0.255. The lowest BCUT2D eigenvalue weighted by molar-refractivity contribution is -0.142. The third kappa shape index (κ3) is 24.6. The van der Waals surface area contributed by atoms with Crippen molar-refractivity contribution in [3.05, 3.63) is 0 Å². The smallest absolute Gasteiger partial charge is 0.302 e. The van der Waals surface area contributed by atoms with Gasteiger partial charge in [-0.3, -0.25) is 4.79 Å². The van der Waals surface area contributed by atoms with Gasteiger partial charge in [0, 0.05) is 13.5 Å². The summed E-state index contributed by atoms with van der Waals surface area (Å²) in [5.41, 5.74) is 0. The highest BCUT2D eigenvalue weighted by Crippen LogP contribution is 1.77. The van der Waals surface area contributed by atoms with Crippen LogP contribution in [0.2, 0.25) is 0 Å². The van der Waals surface area contributed by atoms with Crippen molar-refractivity contribution in [1.82, 2.24) is 0 Å². The van der Waals surface area contributed by atoms with E-state index in [9.17, 15) is 4.79 Å². The molecule has 0 fully saturated rings. The van der Waals surface area contributed by atoms with E-state index in [0.717, 1.165) is 0 Å². The molecular weight excluding hydrogens is 168 g/mol. The zero-order valence-electron chi connectivity index (χ0n) is 9.26. The molecule has 0 heterocycles. The molecule has 0 bridgehead atoms. The average molecular weight is 190 g/mol. The van der Waals surface area contributed by atoms with E-state index in [1.54, 1.807) is 0 Å². The highest BCUT2D eigenvalue weighted by Gasteiger charge is 1.89. The lowest BCUT2D eigenvalue weighted by atomic mass is 10.4. The van der Waals surface area contributed by atoms with E-state index in [0.29, 0.717) is 19.8 Å². The van der Waals surface area contributed by atoms with Crippen LogP contribution in [-0.2, 0) is 14.3 Å². The van der Waals surface area contributed by atoms with Crippen LogP contribution in [0.4, 0.5) is 0 Å². The van der Waals surface area contributed by atoms with Crippen LogP contribution >= 0.6 is 0 Å². The molecule has 0 aromatic rings. The van der Waals surface area contributed by atoms with Crippen molar-refractivity contribution in [2.45, 2.75) is 40.5 Å². The maximum Gasteiger partial charge on any atom is 0.302 e. The van der Waals surface area contributed by atoms with Crippen molar-refractivity contribution < 1.29 is 14.3 Å². The lowest BCUT2D eigenvalue weighted by Gasteiger charge is -1.99. The molecule has 0 aliphatic carbocycles. The van der Waals surface area contributed by atoms with Crippen LogP contribution < -0.4 is 0 Å². The SMILES string of the molecule is CCCC.CCOCCOC(C)=O. The second-order valence-electron chi connectivity index (χ2n) is 2.54. The van der Waals surface area contributed by atoms with Crippen LogP contribution in [0.25, 0.3) is 0 Å². The van der Waals surface area contributed by atoms with Gasteiger partial charge >= 0.3 is 5.97 Å². The Kier molecular flexibility index (Phi) is 16.1. The van der Waals surface area contributed by atoms with Gasteiger partial charge in [-0.05, 0) is 6.92 Å². The molecule has 3 nitrogen and oxygen atoms in total. The number of hydrogen-bond donors (Lipinski definition) is 0. The van der Waals surface area contributed by atoms with Gasteiger partial charge in [-0.25, -0.2) is 0 Å². The summed E-state index contributed by atoms with van der Waals surface area (Å²) in [5.74, 6) is -0.255. The summed E-state index contributed by atoms with van der Waals surface area (Å²) >= 11 is 0. The Labute approximate surface area is 81.4 Å². The third-order valence-electron chi connectivity index (χ3n) is 1.24. The number of esters is 1. The maximum absolute atomic E-state index is 10.1. The molecule has 0 spiro atoms. The summed E-state index contributed by atoms with van der Waals surface area (Å²) in [7, 11) is 0. The molecule has 0 saturated heterocycles. The topological polar surface area (TPSA) is 35.5 Å². The number of carbonyl (C=O) groups excluding carboxylic acids is 1. The number of carbonyl (C=O) groups is 1. The Morgan fingerprint density at radius 1 is 1.08 bits per heavy atom. The summed E-state index contributed by atoms with van der Waals surface area (Å²) in [5, 5.41) is 0. The highest BCUT2D eigenvalue weighted by atomic mass is 16.6. The molecule has 13 heavy (non-hydrogen) atoms. The average Bonchev–Trinajstić information content (AvgIpc) is 2.13. The molecule has 0 N–H and O–H groups in total. The van der Waals surface area contributed by atoms with Gasteiger partial charge < -0.3 is 9.47 Å². The molecule has 0 aromatic carbocycles. The zero-order chi connectivity index (χ0) is 10.5. The molecule has 0 amide bonds. The van der Waals surface area contributed by atoms with Crippen LogP contribution in [0.1, 0.15) is 40.5 Å². The monoisotopic (exact) mass is 190 g/mol. The van der Waals surface area contributed by atoms with Crippen molar-refractivity contribution in [1.29, 1.82) is 0 Å². The van der Waals surface area contributed by atoms with Gasteiger partial charge in [0.15, 0.2) is 0 Å². The van der Waals surface area contributed by atoms with E-state index in [-0.39, 0.29) is 5.97 Å². The summed E-state index contributed by atoms with van der Waals surface area (Å²) in [6.07, 6.45) is 2.64. The number of rotatable bonds is 5. The largest absolute Gasteiger partial charge is 0.463 e. The maximum atomic E-state index is 10.1. The van der Waals surface area contributed by atoms with Crippen LogP contribution in [0.15, 0.2) is 0 Å². The molecule has 0 aliphatic heterocycles. The van der Waals surface area contributed by atoms with Gasteiger partial charge in [0.25, 0.3) is 0 Å². The third-order valence-corrected chi connectivity index (χ3v) is 1.24. The normalized spacial score (nSPS) is 8.62. The summed E-state index contributed by atoms with van der Waals surface area (Å²) in [4.78, 5) is 10.1. The van der Waals surface area contributed by atoms with E-state index in [1.165, 1.54) is 19.8 Å². The summed E-state index contributed by atoms with van der Waals surface area (Å²) in [6.45, 7) is 9.17. The molecule has 0 unspecified atom stereocenters. The second kappa shape index (κ2) is 14.0. The van der Waals surface area contributed by atoms with Crippen LogP contribution in [-0.4, -0.2) is 25.8 Å². The minimum Gasteiger partial charge on any atom is -0.463 e. The Bertz CT molecular complexity index is 100. The Morgan fingerprint density at radius 3 is 1.92 bits per heavy atom. The molecule has 0 saturated carbocycles. The second-order valence-corrected chi connectivity index (χ2v) is 2.54. The van der Waals surface area contributed by atoms with Crippen LogP contribution in [0, 0.1) is 0 Å². The first-order chi connectivity index (χ1) is 6.18. The zero-order valence-corrected chi connectivity index (χ0v) is 9.26. The van der Waals surface area contributed by atoms with Gasteiger partial charge in [-0.2, -0.15) is 0 Å². The number of ether oxygens (including phenoxy) is 2. The number of unbranched alkanes of at least 4 members (excludes halogenated alkanes) is 1. The van der Waals surface area contributed by atoms with Crippen molar-refractivity contribution in [2.24, 2.45) is 0 Å². The molecule has 0 aromatic heterocycles. The highest BCUT2D eigenvalue weighted by molar-refractivity contribution is 5.65. The van der Waals surface area contributed by atoms with Crippen molar-refractivity contribution in [2.75, 3.05) is 19.8 Å². The fourth-order valence-corrected chi connectivity index (χ4v) is 0.389. The van der Waals surface area contributed by atoms with E-state index < -0.39 is 0 Å². The van der Waals surface area contributed by atoms with Gasteiger partial charge in [0.1, 0.15) is 6.61 Å². The van der Waals surface area contributed by atoms with Gasteiger partial charge in [-0.15, -0.1) is 0 Å². The predicted octanol–water partition coefficient (Wildman–Crippen LogP) is 2.39. The van der Waals surface area contributed by atoms with E-state index in [1.807, 2.05) is 6.92 Å². The Hall–Kier alpha value is -0.570.